The highest BCUT2D eigenvalue weighted by Crippen LogP contribution is 2.28. The van der Waals surface area contributed by atoms with E-state index in [0.29, 0.717) is 5.69 Å². The fourth-order valence-corrected chi connectivity index (χ4v) is 2.10. The lowest BCUT2D eigenvalue weighted by Crippen LogP contribution is -1.99. The van der Waals surface area contributed by atoms with Gasteiger partial charge in [-0.25, -0.2) is 8.78 Å². The van der Waals surface area contributed by atoms with Crippen LogP contribution in [0.15, 0.2) is 48.7 Å². The summed E-state index contributed by atoms with van der Waals surface area (Å²) < 4.78 is 27.8. The third-order valence-corrected chi connectivity index (χ3v) is 3.08. The van der Waals surface area contributed by atoms with E-state index in [-0.39, 0.29) is 11.3 Å². The number of hydrogen-bond donors (Lipinski definition) is 1. The first-order chi connectivity index (χ1) is 10.2. The van der Waals surface area contributed by atoms with Crippen LogP contribution in [-0.2, 0) is 0 Å². The van der Waals surface area contributed by atoms with Gasteiger partial charge >= 0.3 is 0 Å². The zero-order chi connectivity index (χ0) is 14.8. The zero-order valence-corrected chi connectivity index (χ0v) is 10.8. The van der Waals surface area contributed by atoms with Gasteiger partial charge in [-0.3, -0.25) is 4.98 Å². The van der Waals surface area contributed by atoms with Gasteiger partial charge < -0.3 is 5.32 Å². The van der Waals surface area contributed by atoms with E-state index in [0.717, 1.165) is 23.0 Å². The molecule has 1 heterocycles. The monoisotopic (exact) mass is 281 g/mol. The SMILES string of the molecule is N#Cc1cc(F)c(Nc2cccc3ncccc23)c(F)c1. The minimum atomic E-state index is -0.813. The molecule has 3 nitrogen and oxygen atoms in total. The van der Waals surface area contributed by atoms with Gasteiger partial charge in [-0.05, 0) is 36.4 Å². The maximum Gasteiger partial charge on any atom is 0.150 e. The number of halogens is 2. The van der Waals surface area contributed by atoms with Crippen LogP contribution in [0.5, 0.6) is 0 Å². The summed E-state index contributed by atoms with van der Waals surface area (Å²) in [7, 11) is 0. The standard InChI is InChI=1S/C16H9F2N3/c17-12-7-10(9-19)8-13(18)16(12)21-15-5-1-4-14-11(15)3-2-6-20-14/h1-8,21H. The predicted molar refractivity (Wildman–Crippen MR) is 76.1 cm³/mol. The maximum atomic E-state index is 13.9. The molecule has 2 aromatic carbocycles. The Kier molecular flexibility index (Phi) is 3.20. The molecule has 0 aliphatic heterocycles. The molecule has 3 aromatic rings. The van der Waals surface area contributed by atoms with Crippen molar-refractivity contribution in [3.63, 3.8) is 0 Å². The first kappa shape index (κ1) is 13.0. The van der Waals surface area contributed by atoms with Crippen molar-refractivity contribution in [2.24, 2.45) is 0 Å². The van der Waals surface area contributed by atoms with Gasteiger partial charge in [0.1, 0.15) is 5.69 Å². The second kappa shape index (κ2) is 5.17. The van der Waals surface area contributed by atoms with Crippen LogP contribution in [0.3, 0.4) is 0 Å². The lowest BCUT2D eigenvalue weighted by molar-refractivity contribution is 0.590. The first-order valence-corrected chi connectivity index (χ1v) is 6.19. The molecule has 0 fully saturated rings. The normalized spacial score (nSPS) is 10.3. The molecule has 0 amide bonds. The fraction of sp³-hybridized carbons (Fsp3) is 0. The molecule has 102 valence electrons. The quantitative estimate of drug-likeness (QED) is 0.768. The number of nitrogens with zero attached hydrogens (tertiary/aromatic N) is 2. The van der Waals surface area contributed by atoms with Crippen molar-refractivity contribution in [1.29, 1.82) is 5.26 Å². The second-order valence-corrected chi connectivity index (χ2v) is 4.43. The molecule has 0 radical (unpaired) electrons. The highest BCUT2D eigenvalue weighted by molar-refractivity contribution is 5.93. The lowest BCUT2D eigenvalue weighted by Gasteiger charge is -2.11. The van der Waals surface area contributed by atoms with Crippen molar-refractivity contribution < 1.29 is 8.78 Å². The number of rotatable bonds is 2. The minimum Gasteiger partial charge on any atom is -0.350 e. The number of aromatic nitrogens is 1. The van der Waals surface area contributed by atoms with Crippen LogP contribution < -0.4 is 5.32 Å². The molecule has 0 saturated carbocycles. The Hall–Kier alpha value is -3.00. The summed E-state index contributed by atoms with van der Waals surface area (Å²) in [5.74, 6) is -1.63. The van der Waals surface area contributed by atoms with Crippen molar-refractivity contribution in [2.45, 2.75) is 0 Å². The first-order valence-electron chi connectivity index (χ1n) is 6.19. The van der Waals surface area contributed by atoms with Gasteiger partial charge in [0.25, 0.3) is 0 Å². The second-order valence-electron chi connectivity index (χ2n) is 4.43. The Morgan fingerprint density at radius 2 is 1.81 bits per heavy atom. The summed E-state index contributed by atoms with van der Waals surface area (Å²) in [6, 6.07) is 12.5. The van der Waals surface area contributed by atoms with E-state index < -0.39 is 11.6 Å². The number of benzene rings is 2. The molecule has 5 heteroatoms. The lowest BCUT2D eigenvalue weighted by atomic mass is 10.1. The molecule has 0 aliphatic rings. The number of nitrogens with one attached hydrogen (secondary N) is 1. The average Bonchev–Trinajstić information content (AvgIpc) is 2.50. The number of hydrogen-bond acceptors (Lipinski definition) is 3. The van der Waals surface area contributed by atoms with Crippen molar-refractivity contribution in [3.8, 4) is 6.07 Å². The summed E-state index contributed by atoms with van der Waals surface area (Å²) in [5.41, 5.74) is 0.917. The van der Waals surface area contributed by atoms with Gasteiger partial charge in [0.15, 0.2) is 11.6 Å². The molecule has 0 unspecified atom stereocenters. The third kappa shape index (κ3) is 2.39. The molecule has 3 rings (SSSR count). The van der Waals surface area contributed by atoms with Crippen LogP contribution in [0.2, 0.25) is 0 Å². The summed E-state index contributed by atoms with van der Waals surface area (Å²) in [4.78, 5) is 4.19. The molecule has 1 aromatic heterocycles. The summed E-state index contributed by atoms with van der Waals surface area (Å²) in [6.07, 6.45) is 1.65. The highest BCUT2D eigenvalue weighted by Gasteiger charge is 2.12. The van der Waals surface area contributed by atoms with Gasteiger partial charge in [0.2, 0.25) is 0 Å². The smallest absolute Gasteiger partial charge is 0.150 e. The van der Waals surface area contributed by atoms with Crippen LogP contribution in [0.1, 0.15) is 5.56 Å². The molecule has 0 bridgehead atoms. The maximum absolute atomic E-state index is 13.9. The molecular formula is C16H9F2N3. The number of pyridine rings is 1. The van der Waals surface area contributed by atoms with Crippen molar-refractivity contribution >= 4 is 22.3 Å². The molecule has 0 saturated heterocycles. The van der Waals surface area contributed by atoms with E-state index in [1.807, 2.05) is 12.1 Å². The van der Waals surface area contributed by atoms with E-state index in [2.05, 4.69) is 10.3 Å². The third-order valence-electron chi connectivity index (χ3n) is 3.08. The van der Waals surface area contributed by atoms with Crippen molar-refractivity contribution in [2.75, 3.05) is 5.32 Å². The van der Waals surface area contributed by atoms with E-state index in [1.54, 1.807) is 30.5 Å². The molecular weight excluding hydrogens is 272 g/mol. The van der Waals surface area contributed by atoms with Crippen LogP contribution in [0.25, 0.3) is 10.9 Å². The van der Waals surface area contributed by atoms with Gasteiger partial charge in [0.05, 0.1) is 17.1 Å². The van der Waals surface area contributed by atoms with Gasteiger partial charge in [-0.2, -0.15) is 5.26 Å². The van der Waals surface area contributed by atoms with Crippen molar-refractivity contribution in [3.05, 3.63) is 65.9 Å². The topological polar surface area (TPSA) is 48.7 Å². The Balaban J connectivity index is 2.10. The van der Waals surface area contributed by atoms with E-state index in [1.165, 1.54) is 0 Å². The average molecular weight is 281 g/mol. The molecule has 1 N–H and O–H groups in total. The van der Waals surface area contributed by atoms with Crippen LogP contribution >= 0.6 is 0 Å². The zero-order valence-electron chi connectivity index (χ0n) is 10.8. The molecule has 21 heavy (non-hydrogen) atoms. The van der Waals surface area contributed by atoms with Crippen LogP contribution in [0.4, 0.5) is 20.2 Å². The Bertz CT molecular complexity index is 841. The predicted octanol–water partition coefficient (Wildman–Crippen LogP) is 4.13. The largest absolute Gasteiger partial charge is 0.350 e. The van der Waals surface area contributed by atoms with E-state index in [9.17, 15) is 8.78 Å². The van der Waals surface area contributed by atoms with E-state index in [4.69, 9.17) is 5.26 Å². The van der Waals surface area contributed by atoms with E-state index >= 15 is 0 Å². The van der Waals surface area contributed by atoms with Crippen LogP contribution in [-0.4, -0.2) is 4.98 Å². The minimum absolute atomic E-state index is 0.0601. The van der Waals surface area contributed by atoms with Crippen molar-refractivity contribution in [1.82, 2.24) is 4.98 Å². The molecule has 0 spiro atoms. The summed E-state index contributed by atoms with van der Waals surface area (Å²) >= 11 is 0. The van der Waals surface area contributed by atoms with Crippen LogP contribution in [0, 0.1) is 23.0 Å². The number of nitriles is 1. The molecule has 0 aliphatic carbocycles. The number of anilines is 2. The van der Waals surface area contributed by atoms with Gasteiger partial charge in [-0.1, -0.05) is 6.07 Å². The van der Waals surface area contributed by atoms with Gasteiger partial charge in [0, 0.05) is 17.3 Å². The molecule has 0 atom stereocenters. The van der Waals surface area contributed by atoms with Gasteiger partial charge in [-0.15, -0.1) is 0 Å². The summed E-state index contributed by atoms with van der Waals surface area (Å²) in [5, 5.41) is 12.2. The Morgan fingerprint density at radius 3 is 2.52 bits per heavy atom. The highest BCUT2D eigenvalue weighted by atomic mass is 19.1. The Morgan fingerprint density at radius 1 is 1.05 bits per heavy atom. The number of fused-ring (bicyclic) bond motifs is 1. The summed E-state index contributed by atoms with van der Waals surface area (Å²) in [6.45, 7) is 0. The fourth-order valence-electron chi connectivity index (χ4n) is 2.10. The Labute approximate surface area is 119 Å².